The standard InChI is InChI=1S/C36H44N2O8/c1-36(2,3)46-35(42)38-21-19-37(20-22-38)34(41)31(40)33(45-25-29-17-11-6-12-18-29)32(44-24-28-15-9-5-10-16-28)30(39)26-43-23-27-13-7-4-8-14-27/h4-18,31-33,40H,19-26H2,1-3H3/t31-,32-,33-/m1/s1. The van der Waals surface area contributed by atoms with E-state index in [-0.39, 0.29) is 52.6 Å². The summed E-state index contributed by atoms with van der Waals surface area (Å²) < 4.78 is 23.5. The molecule has 1 aliphatic rings. The fraction of sp³-hybridized carbons (Fsp3) is 0.417. The summed E-state index contributed by atoms with van der Waals surface area (Å²) in [6, 6.07) is 28.0. The van der Waals surface area contributed by atoms with E-state index in [1.165, 1.54) is 9.80 Å². The molecule has 10 heteroatoms. The molecule has 3 atom stereocenters. The van der Waals surface area contributed by atoms with Gasteiger partial charge in [-0.1, -0.05) is 91.0 Å². The van der Waals surface area contributed by atoms with Gasteiger partial charge in [0.25, 0.3) is 5.91 Å². The summed E-state index contributed by atoms with van der Waals surface area (Å²) in [6.07, 6.45) is -4.84. The van der Waals surface area contributed by atoms with E-state index in [0.717, 1.165) is 16.7 Å². The summed E-state index contributed by atoms with van der Waals surface area (Å²) in [5, 5.41) is 11.6. The lowest BCUT2D eigenvalue weighted by molar-refractivity contribution is -0.173. The average Bonchev–Trinajstić information content (AvgIpc) is 3.06. The molecule has 246 valence electrons. The van der Waals surface area contributed by atoms with Crippen molar-refractivity contribution in [2.45, 2.75) is 64.5 Å². The van der Waals surface area contributed by atoms with Crippen LogP contribution in [-0.4, -0.2) is 89.4 Å². The number of ether oxygens (including phenoxy) is 4. The van der Waals surface area contributed by atoms with Crippen molar-refractivity contribution in [3.8, 4) is 0 Å². The van der Waals surface area contributed by atoms with Gasteiger partial charge in [0, 0.05) is 26.2 Å². The van der Waals surface area contributed by atoms with Gasteiger partial charge < -0.3 is 33.9 Å². The largest absolute Gasteiger partial charge is 0.444 e. The van der Waals surface area contributed by atoms with Crippen LogP contribution in [0.2, 0.25) is 0 Å². The van der Waals surface area contributed by atoms with E-state index in [2.05, 4.69) is 0 Å². The minimum absolute atomic E-state index is 0.0334. The Labute approximate surface area is 270 Å². The monoisotopic (exact) mass is 632 g/mol. The van der Waals surface area contributed by atoms with Crippen molar-refractivity contribution in [2.24, 2.45) is 0 Å². The molecule has 4 rings (SSSR count). The second-order valence-electron chi connectivity index (χ2n) is 12.2. The van der Waals surface area contributed by atoms with Gasteiger partial charge in [-0.2, -0.15) is 0 Å². The molecule has 46 heavy (non-hydrogen) atoms. The van der Waals surface area contributed by atoms with E-state index in [9.17, 15) is 19.5 Å². The molecule has 0 spiro atoms. The molecule has 0 radical (unpaired) electrons. The van der Waals surface area contributed by atoms with Crippen molar-refractivity contribution in [3.05, 3.63) is 108 Å². The third-order valence-electron chi connectivity index (χ3n) is 7.34. The number of Topliss-reactive ketones (excluding diaryl/α,β-unsaturated/α-hetero) is 1. The van der Waals surface area contributed by atoms with Gasteiger partial charge in [-0.05, 0) is 37.5 Å². The predicted molar refractivity (Wildman–Crippen MR) is 172 cm³/mol. The molecular formula is C36H44N2O8. The molecule has 10 nitrogen and oxygen atoms in total. The second kappa shape index (κ2) is 17.0. The van der Waals surface area contributed by atoms with Crippen molar-refractivity contribution in [1.82, 2.24) is 9.80 Å². The van der Waals surface area contributed by atoms with Crippen LogP contribution in [0.1, 0.15) is 37.5 Å². The summed E-state index contributed by atoms with van der Waals surface area (Å²) >= 11 is 0. The molecule has 0 unspecified atom stereocenters. The molecular weight excluding hydrogens is 588 g/mol. The third-order valence-corrected chi connectivity index (χ3v) is 7.34. The van der Waals surface area contributed by atoms with Crippen LogP contribution in [-0.2, 0) is 48.4 Å². The zero-order valence-corrected chi connectivity index (χ0v) is 26.7. The van der Waals surface area contributed by atoms with Gasteiger partial charge >= 0.3 is 6.09 Å². The zero-order chi connectivity index (χ0) is 32.9. The smallest absolute Gasteiger partial charge is 0.410 e. The van der Waals surface area contributed by atoms with Crippen LogP contribution < -0.4 is 0 Å². The predicted octanol–water partition coefficient (Wildman–Crippen LogP) is 4.38. The zero-order valence-electron chi connectivity index (χ0n) is 26.7. The maximum absolute atomic E-state index is 13.7. The molecule has 1 saturated heterocycles. The van der Waals surface area contributed by atoms with E-state index in [0.29, 0.717) is 0 Å². The van der Waals surface area contributed by atoms with E-state index >= 15 is 0 Å². The molecule has 0 bridgehead atoms. The van der Waals surface area contributed by atoms with Crippen molar-refractivity contribution < 1.29 is 38.4 Å². The maximum Gasteiger partial charge on any atom is 0.410 e. The molecule has 0 aliphatic carbocycles. The highest BCUT2D eigenvalue weighted by atomic mass is 16.6. The van der Waals surface area contributed by atoms with Gasteiger partial charge in [0.1, 0.15) is 24.4 Å². The molecule has 0 aromatic heterocycles. The number of hydrogen-bond donors (Lipinski definition) is 1. The number of carbonyl (C=O) groups is 3. The molecule has 1 heterocycles. The number of aliphatic hydroxyl groups is 1. The van der Waals surface area contributed by atoms with Gasteiger partial charge in [0.2, 0.25) is 0 Å². The Morgan fingerprint density at radius 3 is 1.65 bits per heavy atom. The minimum atomic E-state index is -1.73. The Morgan fingerprint density at radius 2 is 1.15 bits per heavy atom. The summed E-state index contributed by atoms with van der Waals surface area (Å²) in [5.41, 5.74) is 1.86. The fourth-order valence-electron chi connectivity index (χ4n) is 4.93. The number of piperazine rings is 1. The average molecular weight is 633 g/mol. The number of rotatable bonds is 14. The number of carbonyl (C=O) groups excluding carboxylic acids is 3. The molecule has 2 amide bonds. The lowest BCUT2D eigenvalue weighted by Gasteiger charge is -2.38. The molecule has 1 fully saturated rings. The van der Waals surface area contributed by atoms with Gasteiger partial charge in [-0.3, -0.25) is 9.59 Å². The number of aliphatic hydroxyl groups excluding tert-OH is 1. The van der Waals surface area contributed by atoms with Crippen LogP contribution >= 0.6 is 0 Å². The molecule has 1 N–H and O–H groups in total. The van der Waals surface area contributed by atoms with Crippen LogP contribution in [0.4, 0.5) is 4.79 Å². The Bertz CT molecular complexity index is 1370. The highest BCUT2D eigenvalue weighted by molar-refractivity contribution is 5.88. The van der Waals surface area contributed by atoms with Crippen LogP contribution in [0.25, 0.3) is 0 Å². The Balaban J connectivity index is 1.51. The van der Waals surface area contributed by atoms with Crippen LogP contribution in [0.15, 0.2) is 91.0 Å². The highest BCUT2D eigenvalue weighted by Crippen LogP contribution is 2.20. The first-order valence-corrected chi connectivity index (χ1v) is 15.5. The third kappa shape index (κ3) is 10.8. The lowest BCUT2D eigenvalue weighted by Crippen LogP contribution is -2.58. The van der Waals surface area contributed by atoms with E-state index in [4.69, 9.17) is 18.9 Å². The topological polar surface area (TPSA) is 115 Å². The van der Waals surface area contributed by atoms with Crippen molar-refractivity contribution in [1.29, 1.82) is 0 Å². The summed E-state index contributed by atoms with van der Waals surface area (Å²) in [5.74, 6) is -1.08. The maximum atomic E-state index is 13.7. The van der Waals surface area contributed by atoms with E-state index in [1.807, 2.05) is 91.0 Å². The van der Waals surface area contributed by atoms with Crippen molar-refractivity contribution in [2.75, 3.05) is 32.8 Å². The number of benzene rings is 3. The molecule has 3 aromatic rings. The van der Waals surface area contributed by atoms with Crippen LogP contribution in [0, 0.1) is 0 Å². The quantitative estimate of drug-likeness (QED) is 0.279. The Kier molecular flexibility index (Phi) is 12.9. The van der Waals surface area contributed by atoms with Crippen molar-refractivity contribution in [3.63, 3.8) is 0 Å². The van der Waals surface area contributed by atoms with Crippen molar-refractivity contribution >= 4 is 17.8 Å². The van der Waals surface area contributed by atoms with Gasteiger partial charge in [-0.15, -0.1) is 0 Å². The normalized spacial score (nSPS) is 15.6. The number of ketones is 1. The SMILES string of the molecule is CC(C)(C)OC(=O)N1CCN(C(=O)[C@H](O)[C@@H](OCc2ccccc2)[C@H](OCc2ccccc2)C(=O)COCc2ccccc2)CC1. The molecule has 1 aliphatic heterocycles. The summed E-state index contributed by atoms with van der Waals surface area (Å²) in [6.45, 7) is 6.21. The first-order chi connectivity index (χ1) is 22.1. The first-order valence-electron chi connectivity index (χ1n) is 15.5. The van der Waals surface area contributed by atoms with E-state index in [1.54, 1.807) is 20.8 Å². The number of nitrogens with zero attached hydrogens (tertiary/aromatic N) is 2. The fourth-order valence-corrected chi connectivity index (χ4v) is 4.93. The van der Waals surface area contributed by atoms with Gasteiger partial charge in [0.05, 0.1) is 19.8 Å². The minimum Gasteiger partial charge on any atom is -0.444 e. The number of amides is 2. The van der Waals surface area contributed by atoms with Crippen LogP contribution in [0.3, 0.4) is 0 Å². The first kappa shape index (κ1) is 34.8. The number of hydrogen-bond acceptors (Lipinski definition) is 8. The highest BCUT2D eigenvalue weighted by Gasteiger charge is 2.41. The van der Waals surface area contributed by atoms with Crippen LogP contribution in [0.5, 0.6) is 0 Å². The van der Waals surface area contributed by atoms with Gasteiger partial charge in [-0.25, -0.2) is 4.79 Å². The Hall–Kier alpha value is -4.09. The molecule has 3 aromatic carbocycles. The Morgan fingerprint density at radius 1 is 0.696 bits per heavy atom. The lowest BCUT2D eigenvalue weighted by atomic mass is 10.0. The summed E-state index contributed by atoms with van der Waals surface area (Å²) in [4.78, 5) is 43.0. The van der Waals surface area contributed by atoms with E-state index < -0.39 is 41.7 Å². The summed E-state index contributed by atoms with van der Waals surface area (Å²) in [7, 11) is 0. The molecule has 0 saturated carbocycles. The second-order valence-corrected chi connectivity index (χ2v) is 12.2. The van der Waals surface area contributed by atoms with Gasteiger partial charge in [0.15, 0.2) is 11.9 Å².